The Bertz CT molecular complexity index is 1300. The van der Waals surface area contributed by atoms with Crippen LogP contribution in [0.15, 0.2) is 55.1 Å². The maximum Gasteiger partial charge on any atom is 0.137 e. The summed E-state index contributed by atoms with van der Waals surface area (Å²) in [6.45, 7) is 2.05. The summed E-state index contributed by atoms with van der Waals surface area (Å²) < 4.78 is 2.07. The van der Waals surface area contributed by atoms with E-state index in [4.69, 9.17) is 11.6 Å². The topological polar surface area (TPSA) is 82.3 Å². The number of halogens is 1. The van der Waals surface area contributed by atoms with Gasteiger partial charge < -0.3 is 10.3 Å². The molecule has 0 saturated carbocycles. The molecule has 0 unspecified atom stereocenters. The van der Waals surface area contributed by atoms with Crippen LogP contribution in [0.2, 0.25) is 5.02 Å². The fraction of sp³-hybridized carbons (Fsp3) is 0.208. The number of H-pyrrole nitrogens is 1. The first-order valence-electron chi connectivity index (χ1n) is 10.3. The highest BCUT2D eigenvalue weighted by Crippen LogP contribution is 2.30. The number of nitriles is 1. The van der Waals surface area contributed by atoms with Crippen molar-refractivity contribution in [3.8, 4) is 17.2 Å². The maximum atomic E-state index is 9.72. The van der Waals surface area contributed by atoms with Crippen LogP contribution in [0.4, 0.5) is 0 Å². The largest absolute Gasteiger partial charge is 0.346 e. The first kappa shape index (κ1) is 19.6. The SMILES string of the molecule is N#CC(=Cc1c[nH]c2ncc(-c3cnn(C4CCNCC4)c3)cc12)c1ccccc1Cl. The van der Waals surface area contributed by atoms with E-state index in [1.165, 1.54) is 0 Å². The monoisotopic (exact) mass is 428 g/mol. The molecule has 31 heavy (non-hydrogen) atoms. The second-order valence-electron chi connectivity index (χ2n) is 7.70. The van der Waals surface area contributed by atoms with Crippen molar-refractivity contribution < 1.29 is 0 Å². The molecule has 6 nitrogen and oxygen atoms in total. The van der Waals surface area contributed by atoms with Crippen LogP contribution >= 0.6 is 11.6 Å². The smallest absolute Gasteiger partial charge is 0.137 e. The number of hydrogen-bond acceptors (Lipinski definition) is 4. The average Bonchev–Trinajstić information content (AvgIpc) is 3.46. The molecule has 1 aromatic carbocycles. The van der Waals surface area contributed by atoms with Crippen molar-refractivity contribution in [3.05, 3.63) is 71.3 Å². The Hall–Kier alpha value is -3.40. The first-order chi connectivity index (χ1) is 15.2. The lowest BCUT2D eigenvalue weighted by Crippen LogP contribution is -2.29. The summed E-state index contributed by atoms with van der Waals surface area (Å²) in [7, 11) is 0. The number of nitrogens with zero attached hydrogens (tertiary/aromatic N) is 4. The molecule has 0 amide bonds. The fourth-order valence-corrected chi connectivity index (χ4v) is 4.30. The van der Waals surface area contributed by atoms with Crippen molar-refractivity contribution in [3.63, 3.8) is 0 Å². The number of nitrogens with one attached hydrogen (secondary N) is 2. The van der Waals surface area contributed by atoms with Crippen LogP contribution in [-0.4, -0.2) is 32.8 Å². The van der Waals surface area contributed by atoms with Crippen molar-refractivity contribution in [2.45, 2.75) is 18.9 Å². The standard InChI is InChI=1S/C24H21ClN6/c25-23-4-2-1-3-21(23)16(11-26)9-18-13-29-24-22(18)10-17(12-28-24)19-14-30-31(15-19)20-5-7-27-8-6-20/h1-4,9-10,12-15,20,27H,5-8H2,(H,28,29). The van der Waals surface area contributed by atoms with E-state index in [2.05, 4.69) is 43.4 Å². The molecule has 4 aromatic rings. The quantitative estimate of drug-likeness (QED) is 0.444. The van der Waals surface area contributed by atoms with Gasteiger partial charge in [0.25, 0.3) is 0 Å². The molecule has 0 aliphatic carbocycles. The van der Waals surface area contributed by atoms with Crippen LogP contribution in [0.5, 0.6) is 0 Å². The van der Waals surface area contributed by atoms with Crippen molar-refractivity contribution in [2.24, 2.45) is 0 Å². The molecule has 1 fully saturated rings. The molecule has 154 valence electrons. The molecular weight excluding hydrogens is 408 g/mol. The number of rotatable bonds is 4. The highest BCUT2D eigenvalue weighted by Gasteiger charge is 2.16. The van der Waals surface area contributed by atoms with E-state index in [1.807, 2.05) is 42.9 Å². The first-order valence-corrected chi connectivity index (χ1v) is 10.7. The summed E-state index contributed by atoms with van der Waals surface area (Å²) in [5, 5.41) is 19.2. The zero-order valence-corrected chi connectivity index (χ0v) is 17.6. The lowest BCUT2D eigenvalue weighted by Gasteiger charge is -2.22. The van der Waals surface area contributed by atoms with Gasteiger partial charge in [-0.25, -0.2) is 4.98 Å². The predicted octanol–water partition coefficient (Wildman–Crippen LogP) is 5.07. The zero-order chi connectivity index (χ0) is 21.2. The van der Waals surface area contributed by atoms with Gasteiger partial charge in [0.1, 0.15) is 5.65 Å². The normalized spacial score (nSPS) is 15.3. The van der Waals surface area contributed by atoms with Gasteiger partial charge in [-0.1, -0.05) is 29.8 Å². The maximum absolute atomic E-state index is 9.72. The van der Waals surface area contributed by atoms with Crippen molar-refractivity contribution >= 4 is 34.3 Å². The Labute approximate surface area is 185 Å². The van der Waals surface area contributed by atoms with Gasteiger partial charge in [-0.3, -0.25) is 4.68 Å². The zero-order valence-electron chi connectivity index (χ0n) is 16.8. The second kappa shape index (κ2) is 8.38. The van der Waals surface area contributed by atoms with Gasteiger partial charge in [-0.05, 0) is 44.1 Å². The van der Waals surface area contributed by atoms with Crippen LogP contribution in [-0.2, 0) is 0 Å². The molecule has 2 N–H and O–H groups in total. The molecule has 7 heteroatoms. The Morgan fingerprint density at radius 2 is 2.03 bits per heavy atom. The number of allylic oxidation sites excluding steroid dienone is 1. The Morgan fingerprint density at radius 3 is 2.84 bits per heavy atom. The predicted molar refractivity (Wildman–Crippen MR) is 123 cm³/mol. The molecule has 0 bridgehead atoms. The van der Waals surface area contributed by atoms with E-state index in [9.17, 15) is 5.26 Å². The van der Waals surface area contributed by atoms with Gasteiger partial charge >= 0.3 is 0 Å². The Kier molecular flexibility index (Phi) is 5.29. The highest BCUT2D eigenvalue weighted by atomic mass is 35.5. The van der Waals surface area contributed by atoms with Gasteiger partial charge in [0.2, 0.25) is 0 Å². The van der Waals surface area contributed by atoms with Crippen LogP contribution in [0.25, 0.3) is 33.8 Å². The van der Waals surface area contributed by atoms with Crippen LogP contribution < -0.4 is 5.32 Å². The van der Waals surface area contributed by atoms with E-state index < -0.39 is 0 Å². The van der Waals surface area contributed by atoms with E-state index in [0.29, 0.717) is 22.2 Å². The molecule has 1 aliphatic rings. The number of fused-ring (bicyclic) bond motifs is 1. The molecule has 0 spiro atoms. The summed E-state index contributed by atoms with van der Waals surface area (Å²) in [4.78, 5) is 7.78. The third kappa shape index (κ3) is 3.86. The van der Waals surface area contributed by atoms with E-state index in [-0.39, 0.29) is 0 Å². The van der Waals surface area contributed by atoms with Crippen molar-refractivity contribution in [1.29, 1.82) is 5.26 Å². The molecule has 1 aliphatic heterocycles. The molecule has 4 heterocycles. The van der Waals surface area contributed by atoms with Crippen molar-refractivity contribution in [1.82, 2.24) is 25.1 Å². The molecule has 0 atom stereocenters. The minimum atomic E-state index is 0.436. The Morgan fingerprint density at radius 1 is 1.19 bits per heavy atom. The number of hydrogen-bond donors (Lipinski definition) is 2. The van der Waals surface area contributed by atoms with Gasteiger partial charge in [0, 0.05) is 51.3 Å². The second-order valence-corrected chi connectivity index (χ2v) is 8.11. The average molecular weight is 429 g/mol. The van der Waals surface area contributed by atoms with Crippen molar-refractivity contribution in [2.75, 3.05) is 13.1 Å². The minimum Gasteiger partial charge on any atom is -0.346 e. The molecule has 3 aromatic heterocycles. The third-order valence-electron chi connectivity index (χ3n) is 5.77. The lowest BCUT2D eigenvalue weighted by atomic mass is 10.0. The van der Waals surface area contributed by atoms with Gasteiger partial charge in [-0.2, -0.15) is 10.4 Å². The number of benzene rings is 1. The van der Waals surface area contributed by atoms with E-state index in [1.54, 1.807) is 6.07 Å². The number of piperidine rings is 1. The Balaban J connectivity index is 1.51. The van der Waals surface area contributed by atoms with Gasteiger partial charge in [-0.15, -0.1) is 0 Å². The molecule has 0 radical (unpaired) electrons. The molecule has 1 saturated heterocycles. The summed E-state index contributed by atoms with van der Waals surface area (Å²) in [5.41, 5.74) is 4.93. The third-order valence-corrected chi connectivity index (χ3v) is 6.09. The van der Waals surface area contributed by atoms with Crippen LogP contribution in [0, 0.1) is 11.3 Å². The van der Waals surface area contributed by atoms with Crippen LogP contribution in [0.3, 0.4) is 0 Å². The number of aromatic nitrogens is 4. The van der Waals surface area contributed by atoms with E-state index >= 15 is 0 Å². The molecule has 5 rings (SSSR count). The van der Waals surface area contributed by atoms with Gasteiger partial charge in [0.05, 0.1) is 23.9 Å². The summed E-state index contributed by atoms with van der Waals surface area (Å²) in [5.74, 6) is 0. The van der Waals surface area contributed by atoms with E-state index in [0.717, 1.165) is 53.7 Å². The number of aromatic amines is 1. The summed E-state index contributed by atoms with van der Waals surface area (Å²) in [6.07, 6.45) is 11.8. The lowest BCUT2D eigenvalue weighted by molar-refractivity contribution is 0.343. The number of pyridine rings is 1. The van der Waals surface area contributed by atoms with Gasteiger partial charge in [0.15, 0.2) is 0 Å². The van der Waals surface area contributed by atoms with Crippen LogP contribution in [0.1, 0.15) is 30.0 Å². The summed E-state index contributed by atoms with van der Waals surface area (Å²) >= 11 is 6.30. The highest BCUT2D eigenvalue weighted by molar-refractivity contribution is 6.32. The fourth-order valence-electron chi connectivity index (χ4n) is 4.06. The minimum absolute atomic E-state index is 0.436. The summed E-state index contributed by atoms with van der Waals surface area (Å²) in [6, 6.07) is 12.2. The molecular formula is C24H21ClN6.